The fraction of sp³-hybridized carbons (Fsp3) is 0.478. The van der Waals surface area contributed by atoms with Crippen LogP contribution in [0, 0.1) is 0 Å². The van der Waals surface area contributed by atoms with Gasteiger partial charge in [-0.05, 0) is 49.9 Å². The third-order valence-corrected chi connectivity index (χ3v) is 6.11. The number of carbonyl (C=O) groups is 2. The Labute approximate surface area is 194 Å². The van der Waals surface area contributed by atoms with Gasteiger partial charge in [-0.15, -0.1) is 0 Å². The molecule has 2 N–H and O–H groups in total. The Bertz CT molecular complexity index is 991. The number of nitrogens with zero attached hydrogens (tertiary/aromatic N) is 3. The molecule has 1 aliphatic heterocycles. The molecule has 4 rings (SSSR count). The van der Waals surface area contributed by atoms with Crippen molar-refractivity contribution in [2.24, 2.45) is 0 Å². The predicted octanol–water partition coefficient (Wildman–Crippen LogP) is 2.42. The molecule has 34 heavy (non-hydrogen) atoms. The van der Waals surface area contributed by atoms with Gasteiger partial charge in [-0.25, -0.2) is 9.97 Å². The number of aromatic nitrogens is 2. The molecule has 2 aromatic rings. The highest BCUT2D eigenvalue weighted by Gasteiger charge is 2.36. The highest BCUT2D eigenvalue weighted by Crippen LogP contribution is 2.30. The summed E-state index contributed by atoms with van der Waals surface area (Å²) in [5, 5.41) is 5.23. The summed E-state index contributed by atoms with van der Waals surface area (Å²) in [5.41, 5.74) is -1.05. The smallest absolute Gasteiger partial charge is 0.416 e. The maximum absolute atomic E-state index is 12.8. The third kappa shape index (κ3) is 6.22. The molecule has 0 radical (unpaired) electrons. The fourth-order valence-corrected chi connectivity index (χ4v) is 4.30. The molecule has 182 valence electrons. The van der Waals surface area contributed by atoms with Crippen LogP contribution in [-0.2, 0) is 11.0 Å². The molecule has 0 unspecified atom stereocenters. The zero-order chi connectivity index (χ0) is 24.1. The molecule has 1 aliphatic carbocycles. The second kappa shape index (κ2) is 10.4. The maximum Gasteiger partial charge on any atom is 0.416 e. The van der Waals surface area contributed by atoms with Gasteiger partial charge >= 0.3 is 12.2 Å². The minimum absolute atomic E-state index is 0.00958. The Balaban J connectivity index is 1.13. The van der Waals surface area contributed by atoms with E-state index in [1.54, 1.807) is 18.5 Å². The first-order valence-corrected chi connectivity index (χ1v) is 11.2. The predicted molar refractivity (Wildman–Crippen MR) is 116 cm³/mol. The SMILES string of the molecule is O=C(CNC(=O)c1cccc(C(F)(F)F)c1)NC1CN(C2CCC(Oc3ncccn3)CC2)C1. The van der Waals surface area contributed by atoms with E-state index in [1.807, 2.05) is 0 Å². The Hall–Kier alpha value is -3.21. The van der Waals surface area contributed by atoms with Gasteiger partial charge in [0.15, 0.2) is 0 Å². The van der Waals surface area contributed by atoms with Crippen LogP contribution in [0.5, 0.6) is 6.01 Å². The van der Waals surface area contributed by atoms with Crippen molar-refractivity contribution < 1.29 is 27.5 Å². The average Bonchev–Trinajstić information content (AvgIpc) is 2.80. The largest absolute Gasteiger partial charge is 0.460 e. The quantitative estimate of drug-likeness (QED) is 0.636. The summed E-state index contributed by atoms with van der Waals surface area (Å²) in [4.78, 5) is 34.8. The van der Waals surface area contributed by atoms with Crippen molar-refractivity contribution in [3.05, 3.63) is 53.9 Å². The van der Waals surface area contributed by atoms with E-state index in [0.29, 0.717) is 12.1 Å². The Kier molecular flexibility index (Phi) is 7.30. The van der Waals surface area contributed by atoms with Crippen LogP contribution in [-0.4, -0.2) is 64.5 Å². The molecule has 11 heteroatoms. The number of alkyl halides is 3. The number of ether oxygens (including phenoxy) is 1. The molecule has 0 spiro atoms. The zero-order valence-corrected chi connectivity index (χ0v) is 18.4. The van der Waals surface area contributed by atoms with Crippen molar-refractivity contribution in [3.8, 4) is 6.01 Å². The molecule has 2 fully saturated rings. The van der Waals surface area contributed by atoms with Crippen LogP contribution < -0.4 is 15.4 Å². The third-order valence-electron chi connectivity index (χ3n) is 6.11. The number of benzene rings is 1. The van der Waals surface area contributed by atoms with Crippen LogP contribution in [0.1, 0.15) is 41.6 Å². The average molecular weight is 477 g/mol. The van der Waals surface area contributed by atoms with Gasteiger partial charge in [0.05, 0.1) is 18.2 Å². The number of rotatable bonds is 7. The van der Waals surface area contributed by atoms with Crippen molar-refractivity contribution >= 4 is 11.8 Å². The van der Waals surface area contributed by atoms with Gasteiger partial charge in [0.2, 0.25) is 5.91 Å². The number of halogens is 3. The van der Waals surface area contributed by atoms with Gasteiger partial charge in [0, 0.05) is 37.1 Å². The molecule has 1 aromatic carbocycles. The number of carbonyl (C=O) groups excluding carboxylic acids is 2. The number of likely N-dealkylation sites (tertiary alicyclic amines) is 1. The Morgan fingerprint density at radius 3 is 2.44 bits per heavy atom. The number of amides is 2. The summed E-state index contributed by atoms with van der Waals surface area (Å²) in [7, 11) is 0. The number of hydrogen-bond acceptors (Lipinski definition) is 6. The lowest BCUT2D eigenvalue weighted by Gasteiger charge is -2.46. The summed E-state index contributed by atoms with van der Waals surface area (Å²) in [6, 6.07) is 6.67. The monoisotopic (exact) mass is 477 g/mol. The second-order valence-electron chi connectivity index (χ2n) is 8.56. The lowest BCUT2D eigenvalue weighted by atomic mass is 9.89. The first-order chi connectivity index (χ1) is 16.3. The van der Waals surface area contributed by atoms with E-state index in [-0.39, 0.29) is 30.2 Å². The number of hydrogen-bond donors (Lipinski definition) is 2. The van der Waals surface area contributed by atoms with Crippen LogP contribution in [0.2, 0.25) is 0 Å². The van der Waals surface area contributed by atoms with Gasteiger partial charge < -0.3 is 15.4 Å². The normalized spacial score (nSPS) is 21.4. The Morgan fingerprint density at radius 2 is 1.76 bits per heavy atom. The molecular weight excluding hydrogens is 451 g/mol. The van der Waals surface area contributed by atoms with E-state index in [0.717, 1.165) is 57.0 Å². The Morgan fingerprint density at radius 1 is 1.06 bits per heavy atom. The molecular formula is C23H26F3N5O3. The van der Waals surface area contributed by atoms with Gasteiger partial charge in [-0.3, -0.25) is 14.5 Å². The van der Waals surface area contributed by atoms with Gasteiger partial charge in [-0.1, -0.05) is 6.07 Å². The van der Waals surface area contributed by atoms with Crippen molar-refractivity contribution in [1.29, 1.82) is 0 Å². The summed E-state index contributed by atoms with van der Waals surface area (Å²) < 4.78 is 44.2. The summed E-state index contributed by atoms with van der Waals surface area (Å²) in [6.45, 7) is 1.16. The molecule has 2 heterocycles. The van der Waals surface area contributed by atoms with Crippen LogP contribution in [0.3, 0.4) is 0 Å². The molecule has 0 atom stereocenters. The molecule has 1 saturated heterocycles. The number of nitrogens with one attached hydrogen (secondary N) is 2. The molecule has 2 aliphatic rings. The van der Waals surface area contributed by atoms with Crippen molar-refractivity contribution in [3.63, 3.8) is 0 Å². The minimum Gasteiger partial charge on any atom is -0.460 e. The van der Waals surface area contributed by atoms with Gasteiger partial charge in [0.25, 0.3) is 5.91 Å². The molecule has 1 aromatic heterocycles. The summed E-state index contributed by atoms with van der Waals surface area (Å²) >= 11 is 0. The van der Waals surface area contributed by atoms with E-state index >= 15 is 0 Å². The van der Waals surface area contributed by atoms with E-state index in [1.165, 1.54) is 6.07 Å². The van der Waals surface area contributed by atoms with Crippen molar-refractivity contribution in [2.45, 2.75) is 50.0 Å². The van der Waals surface area contributed by atoms with E-state index in [4.69, 9.17) is 4.74 Å². The summed E-state index contributed by atoms with van der Waals surface area (Å²) in [6.07, 6.45) is 2.69. The lowest BCUT2D eigenvalue weighted by Crippen LogP contribution is -2.63. The van der Waals surface area contributed by atoms with Crippen LogP contribution in [0.15, 0.2) is 42.7 Å². The minimum atomic E-state index is -4.54. The van der Waals surface area contributed by atoms with E-state index in [2.05, 4.69) is 25.5 Å². The maximum atomic E-state index is 12.8. The molecule has 8 nitrogen and oxygen atoms in total. The lowest BCUT2D eigenvalue weighted by molar-refractivity contribution is -0.137. The van der Waals surface area contributed by atoms with E-state index in [9.17, 15) is 22.8 Å². The standard InChI is InChI=1S/C23H26F3N5O3/c24-23(25,26)16-4-1-3-15(11-16)21(33)29-12-20(32)30-17-13-31(14-17)18-5-7-19(8-6-18)34-22-27-9-2-10-28-22/h1-4,9-11,17-19H,5-8,12-14H2,(H,29,33)(H,30,32). The first kappa shape index (κ1) is 23.9. The second-order valence-corrected chi connectivity index (χ2v) is 8.56. The van der Waals surface area contributed by atoms with Crippen LogP contribution >= 0.6 is 0 Å². The highest BCUT2D eigenvalue weighted by molar-refractivity contribution is 5.96. The molecule has 0 bridgehead atoms. The first-order valence-electron chi connectivity index (χ1n) is 11.2. The van der Waals surface area contributed by atoms with Crippen LogP contribution in [0.25, 0.3) is 0 Å². The molecule has 2 amide bonds. The van der Waals surface area contributed by atoms with E-state index < -0.39 is 17.6 Å². The van der Waals surface area contributed by atoms with Gasteiger partial charge in [0.1, 0.15) is 6.10 Å². The fourth-order valence-electron chi connectivity index (χ4n) is 4.30. The summed E-state index contributed by atoms with van der Waals surface area (Å²) in [5.74, 6) is -1.10. The highest BCUT2D eigenvalue weighted by atomic mass is 19.4. The van der Waals surface area contributed by atoms with Crippen molar-refractivity contribution in [1.82, 2.24) is 25.5 Å². The van der Waals surface area contributed by atoms with Crippen molar-refractivity contribution in [2.75, 3.05) is 19.6 Å². The molecule has 1 saturated carbocycles. The van der Waals surface area contributed by atoms with Gasteiger partial charge in [-0.2, -0.15) is 13.2 Å². The zero-order valence-electron chi connectivity index (χ0n) is 18.4. The van der Waals surface area contributed by atoms with Crippen LogP contribution in [0.4, 0.5) is 13.2 Å². The topological polar surface area (TPSA) is 96.5 Å².